The molecule has 1 rings (SSSR count). The van der Waals surface area contributed by atoms with Crippen LogP contribution in [0.2, 0.25) is 0 Å². The maximum absolute atomic E-state index is 11.9. The molecule has 0 radical (unpaired) electrons. The normalized spacial score (nSPS) is 12.1. The van der Waals surface area contributed by atoms with E-state index in [2.05, 4.69) is 0 Å². The lowest BCUT2D eigenvalue weighted by Crippen LogP contribution is -2.19. The van der Waals surface area contributed by atoms with Crippen LogP contribution in [0.25, 0.3) is 0 Å². The van der Waals surface area contributed by atoms with Crippen LogP contribution in [0, 0.1) is 5.92 Å². The molecule has 0 saturated carbocycles. The van der Waals surface area contributed by atoms with E-state index in [1.165, 1.54) is 7.11 Å². The van der Waals surface area contributed by atoms with Gasteiger partial charge in [-0.05, 0) is 30.5 Å². The molecule has 1 unspecified atom stereocenters. The Labute approximate surface area is 114 Å². The van der Waals surface area contributed by atoms with Crippen molar-refractivity contribution >= 4 is 5.97 Å². The minimum Gasteiger partial charge on any atom is -0.493 e. The highest BCUT2D eigenvalue weighted by molar-refractivity contribution is 5.78. The molecule has 0 aliphatic rings. The van der Waals surface area contributed by atoms with Gasteiger partial charge in [-0.1, -0.05) is 19.9 Å². The summed E-state index contributed by atoms with van der Waals surface area (Å²) in [5.74, 6) is 0.931. The highest BCUT2D eigenvalue weighted by Crippen LogP contribution is 2.34. The van der Waals surface area contributed by atoms with Gasteiger partial charge in [0, 0.05) is 0 Å². The Hall–Kier alpha value is -1.71. The van der Waals surface area contributed by atoms with Crippen molar-refractivity contribution < 1.29 is 19.0 Å². The highest BCUT2D eigenvalue weighted by Gasteiger charge is 2.26. The first-order valence-corrected chi connectivity index (χ1v) is 6.43. The lowest BCUT2D eigenvalue weighted by atomic mass is 9.88. The second-order valence-electron chi connectivity index (χ2n) is 4.59. The first-order valence-electron chi connectivity index (χ1n) is 6.43. The summed E-state index contributed by atoms with van der Waals surface area (Å²) in [5.41, 5.74) is 0.877. The molecule has 1 atom stereocenters. The van der Waals surface area contributed by atoms with Gasteiger partial charge in [-0.15, -0.1) is 0 Å². The summed E-state index contributed by atoms with van der Waals surface area (Å²) in [6.07, 6.45) is 0. The highest BCUT2D eigenvalue weighted by atomic mass is 16.5. The molecule has 0 saturated heterocycles. The van der Waals surface area contributed by atoms with Crippen LogP contribution in [0.3, 0.4) is 0 Å². The smallest absolute Gasteiger partial charge is 0.313 e. The Morgan fingerprint density at radius 2 is 1.89 bits per heavy atom. The second-order valence-corrected chi connectivity index (χ2v) is 4.59. The van der Waals surface area contributed by atoms with E-state index in [4.69, 9.17) is 14.2 Å². The summed E-state index contributed by atoms with van der Waals surface area (Å²) >= 11 is 0. The maximum atomic E-state index is 11.9. The Morgan fingerprint density at radius 1 is 1.21 bits per heavy atom. The SMILES string of the molecule is CCOc1ccc(C(C(=O)OC)C(C)C)cc1OC. The number of carbonyl (C=O) groups is 1. The molecule has 106 valence electrons. The third-order valence-corrected chi connectivity index (χ3v) is 2.97. The Kier molecular flexibility index (Phi) is 5.67. The fourth-order valence-corrected chi connectivity index (χ4v) is 2.07. The van der Waals surface area contributed by atoms with Gasteiger partial charge in [0.2, 0.25) is 0 Å². The standard InChI is InChI=1S/C15H22O4/c1-6-19-12-8-7-11(9-13(12)17-4)14(10(2)3)15(16)18-5/h7-10,14H,6H2,1-5H3. The topological polar surface area (TPSA) is 44.8 Å². The van der Waals surface area contributed by atoms with E-state index in [0.29, 0.717) is 18.1 Å². The lowest BCUT2D eigenvalue weighted by Gasteiger charge is -2.20. The van der Waals surface area contributed by atoms with Gasteiger partial charge < -0.3 is 14.2 Å². The first-order chi connectivity index (χ1) is 9.04. The monoisotopic (exact) mass is 266 g/mol. The van der Waals surface area contributed by atoms with Crippen LogP contribution in [0.15, 0.2) is 18.2 Å². The quantitative estimate of drug-likeness (QED) is 0.742. The largest absolute Gasteiger partial charge is 0.493 e. The third-order valence-electron chi connectivity index (χ3n) is 2.97. The van der Waals surface area contributed by atoms with Crippen LogP contribution in [0.4, 0.5) is 0 Å². The predicted octanol–water partition coefficient (Wildman–Crippen LogP) is 3.01. The van der Waals surface area contributed by atoms with E-state index in [0.717, 1.165) is 5.56 Å². The predicted molar refractivity (Wildman–Crippen MR) is 73.8 cm³/mol. The number of ether oxygens (including phenoxy) is 3. The summed E-state index contributed by atoms with van der Waals surface area (Å²) in [6, 6.07) is 5.55. The van der Waals surface area contributed by atoms with E-state index < -0.39 is 0 Å². The van der Waals surface area contributed by atoms with Gasteiger partial charge in [0.15, 0.2) is 11.5 Å². The average Bonchev–Trinajstić information content (AvgIpc) is 2.40. The van der Waals surface area contributed by atoms with Crippen molar-refractivity contribution in [2.75, 3.05) is 20.8 Å². The zero-order valence-corrected chi connectivity index (χ0v) is 12.2. The molecule has 0 bridgehead atoms. The average molecular weight is 266 g/mol. The Balaban J connectivity index is 3.14. The molecular weight excluding hydrogens is 244 g/mol. The van der Waals surface area contributed by atoms with Crippen molar-refractivity contribution in [3.05, 3.63) is 23.8 Å². The number of benzene rings is 1. The van der Waals surface area contributed by atoms with Crippen molar-refractivity contribution in [1.82, 2.24) is 0 Å². The summed E-state index contributed by atoms with van der Waals surface area (Å²) in [6.45, 7) is 6.47. The van der Waals surface area contributed by atoms with E-state index in [-0.39, 0.29) is 17.8 Å². The molecule has 0 fully saturated rings. The van der Waals surface area contributed by atoms with Crippen LogP contribution >= 0.6 is 0 Å². The number of methoxy groups -OCH3 is 2. The van der Waals surface area contributed by atoms with Gasteiger partial charge in [0.1, 0.15) is 0 Å². The number of hydrogen-bond donors (Lipinski definition) is 0. The van der Waals surface area contributed by atoms with E-state index in [9.17, 15) is 4.79 Å². The number of hydrogen-bond acceptors (Lipinski definition) is 4. The van der Waals surface area contributed by atoms with Gasteiger partial charge >= 0.3 is 5.97 Å². The fraction of sp³-hybridized carbons (Fsp3) is 0.533. The molecule has 0 amide bonds. The molecule has 0 aliphatic carbocycles. The number of esters is 1. The van der Waals surface area contributed by atoms with Crippen molar-refractivity contribution in [3.8, 4) is 11.5 Å². The van der Waals surface area contributed by atoms with E-state index in [1.807, 2.05) is 39.0 Å². The van der Waals surface area contributed by atoms with Crippen molar-refractivity contribution in [2.45, 2.75) is 26.7 Å². The molecule has 0 N–H and O–H groups in total. The summed E-state index contributed by atoms with van der Waals surface area (Å²) < 4.78 is 15.6. The fourth-order valence-electron chi connectivity index (χ4n) is 2.07. The van der Waals surface area contributed by atoms with Crippen LogP contribution in [-0.4, -0.2) is 26.8 Å². The van der Waals surface area contributed by atoms with Gasteiger partial charge in [-0.2, -0.15) is 0 Å². The van der Waals surface area contributed by atoms with E-state index in [1.54, 1.807) is 7.11 Å². The van der Waals surface area contributed by atoms with Crippen LogP contribution < -0.4 is 9.47 Å². The van der Waals surface area contributed by atoms with Gasteiger partial charge in [-0.25, -0.2) is 0 Å². The van der Waals surface area contributed by atoms with Crippen LogP contribution in [0.5, 0.6) is 11.5 Å². The number of carbonyl (C=O) groups excluding carboxylic acids is 1. The van der Waals surface area contributed by atoms with Crippen molar-refractivity contribution in [1.29, 1.82) is 0 Å². The van der Waals surface area contributed by atoms with Crippen molar-refractivity contribution in [2.24, 2.45) is 5.92 Å². The van der Waals surface area contributed by atoms with Crippen LogP contribution in [-0.2, 0) is 9.53 Å². The minimum atomic E-state index is -0.297. The molecule has 4 heteroatoms. The van der Waals surface area contributed by atoms with Gasteiger partial charge in [0.25, 0.3) is 0 Å². The Morgan fingerprint density at radius 3 is 2.37 bits per heavy atom. The molecule has 0 spiro atoms. The summed E-state index contributed by atoms with van der Waals surface area (Å²) in [7, 11) is 2.99. The molecule has 1 aromatic carbocycles. The maximum Gasteiger partial charge on any atom is 0.313 e. The zero-order valence-electron chi connectivity index (χ0n) is 12.2. The minimum absolute atomic E-state index is 0.148. The molecule has 0 aromatic heterocycles. The summed E-state index contributed by atoms with van der Waals surface area (Å²) in [5, 5.41) is 0. The Bertz CT molecular complexity index is 426. The second kappa shape index (κ2) is 7.02. The molecule has 1 aromatic rings. The molecule has 19 heavy (non-hydrogen) atoms. The van der Waals surface area contributed by atoms with E-state index >= 15 is 0 Å². The molecular formula is C15H22O4. The lowest BCUT2D eigenvalue weighted by molar-refractivity contribution is -0.143. The molecule has 0 aliphatic heterocycles. The third kappa shape index (κ3) is 3.63. The summed E-state index contributed by atoms with van der Waals surface area (Å²) in [4.78, 5) is 11.9. The van der Waals surface area contributed by atoms with Gasteiger partial charge in [-0.3, -0.25) is 4.79 Å². The van der Waals surface area contributed by atoms with Gasteiger partial charge in [0.05, 0.1) is 26.7 Å². The number of rotatable bonds is 6. The molecule has 0 heterocycles. The first kappa shape index (κ1) is 15.3. The van der Waals surface area contributed by atoms with Crippen molar-refractivity contribution in [3.63, 3.8) is 0 Å². The zero-order chi connectivity index (χ0) is 14.4. The molecule has 4 nitrogen and oxygen atoms in total. The van der Waals surface area contributed by atoms with Crippen LogP contribution in [0.1, 0.15) is 32.3 Å².